The van der Waals surface area contributed by atoms with Crippen molar-refractivity contribution in [2.45, 2.75) is 26.8 Å². The molecule has 0 saturated carbocycles. The molecule has 32 heavy (non-hydrogen) atoms. The Hall–Kier alpha value is -2.85. The average Bonchev–Trinajstić information content (AvgIpc) is 3.23. The maximum Gasteiger partial charge on any atom is 0.314 e. The van der Waals surface area contributed by atoms with Gasteiger partial charge in [0.2, 0.25) is 15.9 Å². The zero-order valence-corrected chi connectivity index (χ0v) is 18.1. The lowest BCUT2D eigenvalue weighted by molar-refractivity contribution is 0.116. The van der Waals surface area contributed by atoms with E-state index >= 15 is 0 Å². The van der Waals surface area contributed by atoms with Crippen LogP contribution in [0.5, 0.6) is 0 Å². The molecule has 0 saturated heterocycles. The molecule has 0 bridgehead atoms. The van der Waals surface area contributed by atoms with E-state index in [1.165, 1.54) is 4.31 Å². The molecule has 0 radical (unpaired) electrons. The number of halogens is 2. The molecule has 3 rings (SSSR count). The van der Waals surface area contributed by atoms with Gasteiger partial charge in [-0.1, -0.05) is 37.8 Å². The van der Waals surface area contributed by atoms with E-state index in [0.717, 1.165) is 5.56 Å². The third-order valence-electron chi connectivity index (χ3n) is 4.54. The maximum atomic E-state index is 13.1. The maximum absolute atomic E-state index is 13.1. The van der Waals surface area contributed by atoms with E-state index < -0.39 is 22.3 Å². The zero-order valence-electron chi connectivity index (χ0n) is 17.3. The van der Waals surface area contributed by atoms with Crippen molar-refractivity contribution in [3.8, 4) is 11.5 Å². The summed E-state index contributed by atoms with van der Waals surface area (Å²) in [6.07, 6.45) is -2.32. The molecule has 0 N–H and O–H groups in total. The van der Waals surface area contributed by atoms with E-state index in [1.807, 2.05) is 25.1 Å². The molecule has 1 aromatic heterocycles. The Balaban J connectivity index is 0.00000363. The number of rotatable bonds is 10. The number of alkyl halides is 2. The molecular formula is C22H28F2N4O3S. The van der Waals surface area contributed by atoms with Crippen molar-refractivity contribution in [1.82, 2.24) is 15.1 Å². The minimum Gasteiger partial charge on any atom is -0.415 e. The quantitative estimate of drug-likeness (QED) is 0.435. The van der Waals surface area contributed by atoms with E-state index in [4.69, 9.17) is 4.42 Å². The molecule has 0 atom stereocenters. The summed E-state index contributed by atoms with van der Waals surface area (Å²) in [6, 6.07) is 15.6. The highest BCUT2D eigenvalue weighted by atomic mass is 32.2. The van der Waals surface area contributed by atoms with Crippen LogP contribution in [0.15, 0.2) is 59.0 Å². The summed E-state index contributed by atoms with van der Waals surface area (Å²) in [5.74, 6) is -0.729. The molecule has 0 fully saturated rings. The number of hydrogen-bond acceptors (Lipinski definition) is 6. The third kappa shape index (κ3) is 6.57. The minimum atomic E-state index is -3.56. The van der Waals surface area contributed by atoms with Gasteiger partial charge in [0.15, 0.2) is 0 Å². The molecule has 0 aliphatic rings. The fourth-order valence-corrected chi connectivity index (χ4v) is 4.48. The van der Waals surface area contributed by atoms with Gasteiger partial charge in [-0.25, -0.2) is 8.42 Å². The van der Waals surface area contributed by atoms with Gasteiger partial charge in [0.05, 0.1) is 18.0 Å². The van der Waals surface area contributed by atoms with E-state index in [1.54, 1.807) is 48.5 Å². The van der Waals surface area contributed by atoms with Gasteiger partial charge in [0, 0.05) is 5.56 Å². The Morgan fingerprint density at radius 3 is 2.22 bits per heavy atom. The highest BCUT2D eigenvalue weighted by Gasteiger charge is 2.23. The van der Waals surface area contributed by atoms with Crippen LogP contribution in [0, 0.1) is 0 Å². The number of nitrogens with zero attached hydrogens (tertiary/aromatic N) is 4. The van der Waals surface area contributed by atoms with Gasteiger partial charge in [0.1, 0.15) is 0 Å². The molecule has 0 amide bonds. The van der Waals surface area contributed by atoms with Crippen molar-refractivity contribution in [2.24, 2.45) is 0 Å². The lowest BCUT2D eigenvalue weighted by Gasteiger charge is -2.25. The summed E-state index contributed by atoms with van der Waals surface area (Å²) in [5, 5.41) is 6.94. The Morgan fingerprint density at radius 2 is 1.66 bits per heavy atom. The van der Waals surface area contributed by atoms with Crippen LogP contribution in [0.2, 0.25) is 0 Å². The number of para-hydroxylation sites is 1. The molecule has 0 spiro atoms. The van der Waals surface area contributed by atoms with Crippen molar-refractivity contribution in [3.63, 3.8) is 0 Å². The fourth-order valence-electron chi connectivity index (χ4n) is 2.98. The van der Waals surface area contributed by atoms with Crippen LogP contribution < -0.4 is 4.31 Å². The number of benzene rings is 2. The van der Waals surface area contributed by atoms with Crippen LogP contribution in [-0.2, 0) is 16.6 Å². The number of sulfonamides is 1. The number of aromatic nitrogens is 2. The van der Waals surface area contributed by atoms with E-state index in [2.05, 4.69) is 10.2 Å². The average molecular weight is 467 g/mol. The van der Waals surface area contributed by atoms with Crippen LogP contribution in [0.4, 0.5) is 14.5 Å². The molecule has 0 aliphatic heterocycles. The molecule has 1 heterocycles. The predicted molar refractivity (Wildman–Crippen MR) is 121 cm³/mol. The SMILES string of the molecule is C.CN(C)CCCS(=O)(=O)N(Cc1ccc(-c2nnc(C(F)F)o2)cc1)c1ccccc1. The van der Waals surface area contributed by atoms with Gasteiger partial charge in [-0.2, -0.15) is 8.78 Å². The molecular weight excluding hydrogens is 438 g/mol. The zero-order chi connectivity index (χ0) is 22.4. The molecule has 0 unspecified atom stereocenters. The summed E-state index contributed by atoms with van der Waals surface area (Å²) in [5.41, 5.74) is 1.79. The van der Waals surface area contributed by atoms with Gasteiger partial charge >= 0.3 is 6.43 Å². The Labute approximate surface area is 187 Å². The van der Waals surface area contributed by atoms with Gasteiger partial charge in [0.25, 0.3) is 5.89 Å². The van der Waals surface area contributed by atoms with Crippen molar-refractivity contribution in [3.05, 3.63) is 66.1 Å². The first-order valence-corrected chi connectivity index (χ1v) is 11.3. The van der Waals surface area contributed by atoms with Gasteiger partial charge in [-0.05, 0) is 56.9 Å². The highest BCUT2D eigenvalue weighted by molar-refractivity contribution is 7.92. The Morgan fingerprint density at radius 1 is 1.00 bits per heavy atom. The third-order valence-corrected chi connectivity index (χ3v) is 6.36. The van der Waals surface area contributed by atoms with Crippen LogP contribution in [0.25, 0.3) is 11.5 Å². The summed E-state index contributed by atoms with van der Waals surface area (Å²) < 4.78 is 57.8. The van der Waals surface area contributed by atoms with E-state index in [9.17, 15) is 17.2 Å². The Bertz CT molecular complexity index is 1070. The van der Waals surface area contributed by atoms with Crippen molar-refractivity contribution >= 4 is 15.7 Å². The smallest absolute Gasteiger partial charge is 0.314 e. The first-order valence-electron chi connectivity index (χ1n) is 9.67. The molecule has 10 heteroatoms. The van der Waals surface area contributed by atoms with E-state index in [-0.39, 0.29) is 25.6 Å². The van der Waals surface area contributed by atoms with Crippen LogP contribution in [-0.4, -0.2) is 49.9 Å². The van der Waals surface area contributed by atoms with Gasteiger partial charge < -0.3 is 9.32 Å². The topological polar surface area (TPSA) is 79.5 Å². The van der Waals surface area contributed by atoms with Crippen molar-refractivity contribution in [2.75, 3.05) is 30.7 Å². The predicted octanol–water partition coefficient (Wildman–Crippen LogP) is 4.60. The summed E-state index contributed by atoms with van der Waals surface area (Å²) in [7, 11) is 0.244. The summed E-state index contributed by atoms with van der Waals surface area (Å²) in [4.78, 5) is 1.94. The van der Waals surface area contributed by atoms with Crippen LogP contribution in [0.3, 0.4) is 0 Å². The molecule has 2 aromatic carbocycles. The van der Waals surface area contributed by atoms with Crippen molar-refractivity contribution < 1.29 is 21.6 Å². The fraction of sp³-hybridized carbons (Fsp3) is 0.364. The molecule has 0 aliphatic carbocycles. The first kappa shape index (κ1) is 25.4. The molecule has 3 aromatic rings. The normalized spacial score (nSPS) is 11.6. The number of hydrogen-bond donors (Lipinski definition) is 0. The lowest BCUT2D eigenvalue weighted by atomic mass is 10.1. The second-order valence-corrected chi connectivity index (χ2v) is 9.27. The molecule has 174 valence electrons. The lowest BCUT2D eigenvalue weighted by Crippen LogP contribution is -2.33. The summed E-state index contributed by atoms with van der Waals surface area (Å²) >= 11 is 0. The van der Waals surface area contributed by atoms with Crippen LogP contribution >= 0.6 is 0 Å². The van der Waals surface area contributed by atoms with Gasteiger partial charge in [-0.15, -0.1) is 10.2 Å². The molecule has 7 nitrogen and oxygen atoms in total. The monoisotopic (exact) mass is 466 g/mol. The largest absolute Gasteiger partial charge is 0.415 e. The second kappa shape index (κ2) is 11.1. The minimum absolute atomic E-state index is 0. The second-order valence-electron chi connectivity index (χ2n) is 7.26. The highest BCUT2D eigenvalue weighted by Crippen LogP contribution is 2.25. The summed E-state index contributed by atoms with van der Waals surface area (Å²) in [6.45, 7) is 0.808. The van der Waals surface area contributed by atoms with Crippen molar-refractivity contribution in [1.29, 1.82) is 0 Å². The Kier molecular flexibility index (Phi) is 8.85. The number of anilines is 1. The van der Waals surface area contributed by atoms with Gasteiger partial charge in [-0.3, -0.25) is 4.31 Å². The standard InChI is InChI=1S/C21H24F2N4O3S.CH4/c1-26(2)13-6-14-31(28,29)27(18-7-4-3-5-8-18)15-16-9-11-17(12-10-16)20-24-25-21(30-20)19(22)23;/h3-5,7-12,19H,6,13-15H2,1-2H3;1H4. The first-order chi connectivity index (χ1) is 14.8. The van der Waals surface area contributed by atoms with Crippen LogP contribution in [0.1, 0.15) is 31.7 Å². The van der Waals surface area contributed by atoms with E-state index in [0.29, 0.717) is 24.2 Å².